The highest BCUT2D eigenvalue weighted by Crippen LogP contribution is 2.41. The summed E-state index contributed by atoms with van der Waals surface area (Å²) in [6.45, 7) is 3.96. The Balaban J connectivity index is 2.52. The number of aromatic nitrogens is 1. The Bertz CT molecular complexity index is 628. The lowest BCUT2D eigenvalue weighted by molar-refractivity contribution is 0.385. The Hall–Kier alpha value is -1.11. The van der Waals surface area contributed by atoms with Crippen LogP contribution in [0.4, 0.5) is 0 Å². The Labute approximate surface area is 131 Å². The number of methoxy groups -OCH3 is 2. The average Bonchev–Trinajstić information content (AvgIpc) is 2.76. The number of hydrogen-bond donors (Lipinski definition) is 1. The van der Waals surface area contributed by atoms with E-state index in [4.69, 9.17) is 15.2 Å². The molecule has 108 valence electrons. The molecule has 2 N–H and O–H groups in total. The highest BCUT2D eigenvalue weighted by atomic mass is 79.9. The maximum Gasteiger partial charge on any atom is 0.141 e. The predicted octanol–water partition coefficient (Wildman–Crippen LogP) is 3.59. The molecule has 4 nitrogen and oxygen atoms in total. The van der Waals surface area contributed by atoms with Crippen LogP contribution in [0.3, 0.4) is 0 Å². The van der Waals surface area contributed by atoms with E-state index in [9.17, 15) is 0 Å². The molecule has 1 aromatic heterocycles. The molecule has 0 radical (unpaired) electrons. The third-order valence-corrected chi connectivity index (χ3v) is 4.98. The van der Waals surface area contributed by atoms with Crippen molar-refractivity contribution in [1.29, 1.82) is 0 Å². The van der Waals surface area contributed by atoms with Crippen molar-refractivity contribution in [3.63, 3.8) is 0 Å². The zero-order chi connectivity index (χ0) is 14.9. The fraction of sp³-hybridized carbons (Fsp3) is 0.357. The number of benzene rings is 1. The van der Waals surface area contributed by atoms with Crippen molar-refractivity contribution >= 4 is 27.3 Å². The lowest BCUT2D eigenvalue weighted by Crippen LogP contribution is -2.13. The molecule has 2 aromatic rings. The van der Waals surface area contributed by atoms with Crippen LogP contribution in [0, 0.1) is 13.8 Å². The maximum atomic E-state index is 6.40. The predicted molar refractivity (Wildman–Crippen MR) is 84.9 cm³/mol. The molecule has 1 unspecified atom stereocenters. The van der Waals surface area contributed by atoms with Crippen molar-refractivity contribution in [2.75, 3.05) is 14.2 Å². The van der Waals surface area contributed by atoms with Crippen molar-refractivity contribution in [3.05, 3.63) is 37.7 Å². The van der Waals surface area contributed by atoms with E-state index in [0.717, 1.165) is 31.4 Å². The normalized spacial score (nSPS) is 12.3. The number of hydrogen-bond acceptors (Lipinski definition) is 5. The number of ether oxygens (including phenoxy) is 2. The van der Waals surface area contributed by atoms with Gasteiger partial charge in [-0.15, -0.1) is 11.3 Å². The molecule has 0 saturated carbocycles. The monoisotopic (exact) mass is 356 g/mol. The van der Waals surface area contributed by atoms with Crippen LogP contribution in [-0.2, 0) is 0 Å². The summed E-state index contributed by atoms with van der Waals surface area (Å²) < 4.78 is 11.5. The lowest BCUT2D eigenvalue weighted by atomic mass is 10.0. The second kappa shape index (κ2) is 6.11. The third-order valence-electron chi connectivity index (χ3n) is 3.07. The van der Waals surface area contributed by atoms with Gasteiger partial charge in [-0.05, 0) is 41.9 Å². The van der Waals surface area contributed by atoms with E-state index in [1.807, 2.05) is 26.0 Å². The Kier molecular flexibility index (Phi) is 4.67. The molecule has 0 aliphatic heterocycles. The SMILES string of the molecule is COc1ccc(C(N)c2sc(C)nc2C)c(OC)c1Br. The molecular weight excluding hydrogens is 340 g/mol. The van der Waals surface area contributed by atoms with Gasteiger partial charge in [0.05, 0.1) is 31.0 Å². The Morgan fingerprint density at radius 3 is 2.45 bits per heavy atom. The molecule has 2 rings (SSSR count). The molecule has 0 aliphatic carbocycles. The van der Waals surface area contributed by atoms with Gasteiger partial charge in [0.1, 0.15) is 16.0 Å². The molecule has 0 fully saturated rings. The van der Waals surface area contributed by atoms with Gasteiger partial charge in [-0.1, -0.05) is 0 Å². The van der Waals surface area contributed by atoms with Crippen LogP contribution in [0.15, 0.2) is 16.6 Å². The molecule has 20 heavy (non-hydrogen) atoms. The summed E-state index contributed by atoms with van der Waals surface area (Å²) in [6.07, 6.45) is 0. The van der Waals surface area contributed by atoms with Gasteiger partial charge in [-0.2, -0.15) is 0 Å². The fourth-order valence-corrected chi connectivity index (χ4v) is 3.77. The van der Waals surface area contributed by atoms with Crippen molar-refractivity contribution in [3.8, 4) is 11.5 Å². The van der Waals surface area contributed by atoms with Crippen molar-refractivity contribution in [2.45, 2.75) is 19.9 Å². The van der Waals surface area contributed by atoms with E-state index in [1.165, 1.54) is 0 Å². The molecule has 1 heterocycles. The first-order chi connectivity index (χ1) is 9.49. The molecule has 1 aromatic carbocycles. The zero-order valence-corrected chi connectivity index (χ0v) is 14.3. The van der Waals surface area contributed by atoms with Gasteiger partial charge in [0, 0.05) is 10.4 Å². The lowest BCUT2D eigenvalue weighted by Gasteiger charge is -2.18. The topological polar surface area (TPSA) is 57.4 Å². The van der Waals surface area contributed by atoms with Gasteiger partial charge in [0.2, 0.25) is 0 Å². The van der Waals surface area contributed by atoms with Gasteiger partial charge < -0.3 is 15.2 Å². The second-order valence-electron chi connectivity index (χ2n) is 4.36. The highest BCUT2D eigenvalue weighted by Gasteiger charge is 2.22. The fourth-order valence-electron chi connectivity index (χ4n) is 2.14. The Morgan fingerprint density at radius 1 is 1.25 bits per heavy atom. The van der Waals surface area contributed by atoms with E-state index < -0.39 is 0 Å². The summed E-state index contributed by atoms with van der Waals surface area (Å²) in [7, 11) is 3.25. The summed E-state index contributed by atoms with van der Waals surface area (Å²) in [6, 6.07) is 3.55. The highest BCUT2D eigenvalue weighted by molar-refractivity contribution is 9.10. The van der Waals surface area contributed by atoms with E-state index >= 15 is 0 Å². The van der Waals surface area contributed by atoms with Crippen molar-refractivity contribution in [2.24, 2.45) is 5.73 Å². The van der Waals surface area contributed by atoms with Gasteiger partial charge >= 0.3 is 0 Å². The minimum atomic E-state index is -0.265. The summed E-state index contributed by atoms with van der Waals surface area (Å²) in [5, 5.41) is 1.01. The number of nitrogens with zero attached hydrogens (tertiary/aromatic N) is 1. The number of thiazole rings is 1. The number of halogens is 1. The number of aryl methyl sites for hydroxylation is 2. The van der Waals surface area contributed by atoms with Crippen LogP contribution in [0.25, 0.3) is 0 Å². The van der Waals surface area contributed by atoms with E-state index in [2.05, 4.69) is 20.9 Å². The van der Waals surface area contributed by atoms with Gasteiger partial charge in [-0.25, -0.2) is 4.98 Å². The molecule has 6 heteroatoms. The van der Waals surface area contributed by atoms with Crippen molar-refractivity contribution < 1.29 is 9.47 Å². The van der Waals surface area contributed by atoms with Gasteiger partial charge in [-0.3, -0.25) is 0 Å². The van der Waals surface area contributed by atoms with Crippen LogP contribution in [-0.4, -0.2) is 19.2 Å². The second-order valence-corrected chi connectivity index (χ2v) is 6.39. The summed E-state index contributed by atoms with van der Waals surface area (Å²) in [4.78, 5) is 5.48. The molecule has 0 aliphatic rings. The van der Waals surface area contributed by atoms with Crippen LogP contribution in [0.2, 0.25) is 0 Å². The third kappa shape index (κ3) is 2.68. The van der Waals surface area contributed by atoms with Crippen molar-refractivity contribution in [1.82, 2.24) is 4.98 Å². The largest absolute Gasteiger partial charge is 0.495 e. The Morgan fingerprint density at radius 2 is 1.95 bits per heavy atom. The van der Waals surface area contributed by atoms with Gasteiger partial charge in [0.15, 0.2) is 0 Å². The molecular formula is C14H17BrN2O2S. The van der Waals surface area contributed by atoms with E-state index in [0.29, 0.717) is 5.75 Å². The first kappa shape index (κ1) is 15.3. The number of nitrogens with two attached hydrogens (primary N) is 1. The molecule has 0 spiro atoms. The van der Waals surface area contributed by atoms with E-state index in [1.54, 1.807) is 25.6 Å². The van der Waals surface area contributed by atoms with Crippen LogP contribution >= 0.6 is 27.3 Å². The summed E-state index contributed by atoms with van der Waals surface area (Å²) in [5.41, 5.74) is 8.27. The average molecular weight is 357 g/mol. The molecule has 0 amide bonds. The minimum Gasteiger partial charge on any atom is -0.495 e. The molecule has 0 saturated heterocycles. The first-order valence-corrected chi connectivity index (χ1v) is 7.70. The van der Waals surface area contributed by atoms with Crippen LogP contribution in [0.1, 0.15) is 27.2 Å². The molecule has 1 atom stereocenters. The first-order valence-electron chi connectivity index (χ1n) is 6.09. The van der Waals surface area contributed by atoms with E-state index in [-0.39, 0.29) is 6.04 Å². The quantitative estimate of drug-likeness (QED) is 0.909. The zero-order valence-electron chi connectivity index (χ0n) is 11.9. The summed E-state index contributed by atoms with van der Waals surface area (Å²) >= 11 is 5.11. The smallest absolute Gasteiger partial charge is 0.141 e. The maximum absolute atomic E-state index is 6.40. The minimum absolute atomic E-state index is 0.265. The van der Waals surface area contributed by atoms with Crippen LogP contribution < -0.4 is 15.2 Å². The van der Waals surface area contributed by atoms with Crippen LogP contribution in [0.5, 0.6) is 11.5 Å². The number of rotatable bonds is 4. The molecule has 0 bridgehead atoms. The standard InChI is InChI=1S/C14H17BrN2O2S/c1-7-14(20-8(2)17-7)12(16)9-5-6-10(18-3)11(15)13(9)19-4/h5-6,12H,16H2,1-4H3. The summed E-state index contributed by atoms with van der Waals surface area (Å²) in [5.74, 6) is 1.41. The van der Waals surface area contributed by atoms with Gasteiger partial charge in [0.25, 0.3) is 0 Å².